The molecule has 206 valence electrons. The van der Waals surface area contributed by atoms with E-state index < -0.39 is 0 Å². The Hall–Kier alpha value is -1.67. The molecule has 38 heavy (non-hydrogen) atoms. The standard InChI is InChI=1S/C30H41BrClN5O/c1-22-20-36(29-28(31)17-25(19-33-29)30(38)34-18-23-5-3-2-4-6-23)15-16-37(22)27-11-13-35(14-12-27)21-24-7-9-26(32)10-8-24/h7-10,17,19,22-23,27H,2-6,11-16,18,20-21H2,1H3,(H,34,38)/t22-/m0/s1. The number of likely N-dealkylation sites (tertiary alicyclic amines) is 1. The summed E-state index contributed by atoms with van der Waals surface area (Å²) in [5, 5.41) is 3.93. The van der Waals surface area contributed by atoms with Crippen LogP contribution in [-0.4, -0.2) is 72.0 Å². The van der Waals surface area contributed by atoms with E-state index in [4.69, 9.17) is 16.6 Å². The number of anilines is 1. The normalized spacial score (nSPS) is 22.5. The van der Waals surface area contributed by atoms with Crippen LogP contribution in [0.4, 0.5) is 5.82 Å². The summed E-state index contributed by atoms with van der Waals surface area (Å²) in [4.78, 5) is 25.1. The van der Waals surface area contributed by atoms with E-state index in [1.807, 2.05) is 18.2 Å². The third-order valence-corrected chi connectivity index (χ3v) is 9.52. The number of hydrogen-bond acceptors (Lipinski definition) is 5. The van der Waals surface area contributed by atoms with Crippen molar-refractivity contribution in [2.75, 3.05) is 44.2 Å². The van der Waals surface area contributed by atoms with E-state index in [-0.39, 0.29) is 5.91 Å². The first kappa shape index (κ1) is 27.9. The average molecular weight is 603 g/mol. The van der Waals surface area contributed by atoms with Crippen LogP contribution in [0.2, 0.25) is 5.02 Å². The molecule has 0 spiro atoms. The Morgan fingerprint density at radius 3 is 2.47 bits per heavy atom. The van der Waals surface area contributed by atoms with Crippen LogP contribution in [0.15, 0.2) is 41.0 Å². The first-order valence-electron chi connectivity index (χ1n) is 14.4. The summed E-state index contributed by atoms with van der Waals surface area (Å²) in [7, 11) is 0. The maximum absolute atomic E-state index is 12.7. The minimum Gasteiger partial charge on any atom is -0.353 e. The molecular formula is C30H41BrClN5O. The summed E-state index contributed by atoms with van der Waals surface area (Å²) in [5.41, 5.74) is 1.97. The molecule has 0 bridgehead atoms. The summed E-state index contributed by atoms with van der Waals surface area (Å²) in [6.45, 7) is 9.33. The molecule has 5 rings (SSSR count). The lowest BCUT2D eigenvalue weighted by atomic mass is 9.89. The number of carbonyl (C=O) groups is 1. The zero-order valence-corrected chi connectivity index (χ0v) is 24.9. The van der Waals surface area contributed by atoms with E-state index in [0.29, 0.717) is 23.6 Å². The lowest BCUT2D eigenvalue weighted by Crippen LogP contribution is -2.57. The van der Waals surface area contributed by atoms with Crippen LogP contribution < -0.4 is 10.2 Å². The SMILES string of the molecule is C[C@H]1CN(c2ncc(C(=O)NCC3CCCCC3)cc2Br)CCN1C1CCN(Cc2ccc(Cl)cc2)CC1. The van der Waals surface area contributed by atoms with Gasteiger partial charge in [0, 0.05) is 56.0 Å². The van der Waals surface area contributed by atoms with E-state index >= 15 is 0 Å². The van der Waals surface area contributed by atoms with Gasteiger partial charge in [0.1, 0.15) is 5.82 Å². The Morgan fingerprint density at radius 1 is 1.05 bits per heavy atom. The van der Waals surface area contributed by atoms with E-state index in [2.05, 4.69) is 55.0 Å². The zero-order chi connectivity index (χ0) is 26.5. The maximum atomic E-state index is 12.7. The second-order valence-corrected chi connectivity index (χ2v) is 12.7. The molecule has 1 saturated carbocycles. The molecule has 8 heteroatoms. The Morgan fingerprint density at radius 2 is 1.79 bits per heavy atom. The number of piperazine rings is 1. The van der Waals surface area contributed by atoms with Gasteiger partial charge >= 0.3 is 0 Å². The van der Waals surface area contributed by atoms with E-state index in [9.17, 15) is 4.79 Å². The molecule has 1 aromatic carbocycles. The minimum atomic E-state index is -0.0177. The van der Waals surface area contributed by atoms with Gasteiger partial charge in [-0.15, -0.1) is 0 Å². The summed E-state index contributed by atoms with van der Waals surface area (Å²) in [5.74, 6) is 1.55. The van der Waals surface area contributed by atoms with Crippen LogP contribution in [0.25, 0.3) is 0 Å². The van der Waals surface area contributed by atoms with Gasteiger partial charge in [-0.25, -0.2) is 4.98 Å². The van der Waals surface area contributed by atoms with Gasteiger partial charge in [-0.05, 0) is 91.3 Å². The first-order chi connectivity index (χ1) is 18.5. The number of hydrogen-bond donors (Lipinski definition) is 1. The third kappa shape index (κ3) is 7.09. The van der Waals surface area contributed by atoms with Crippen molar-refractivity contribution in [1.29, 1.82) is 0 Å². The van der Waals surface area contributed by atoms with Gasteiger partial charge in [0.05, 0.1) is 10.0 Å². The van der Waals surface area contributed by atoms with Crippen molar-refractivity contribution in [1.82, 2.24) is 20.1 Å². The predicted molar refractivity (Wildman–Crippen MR) is 159 cm³/mol. The molecule has 0 radical (unpaired) electrons. The molecule has 1 aliphatic carbocycles. The van der Waals surface area contributed by atoms with Crippen LogP contribution in [0.5, 0.6) is 0 Å². The summed E-state index contributed by atoms with van der Waals surface area (Å²) >= 11 is 9.76. The van der Waals surface area contributed by atoms with Gasteiger partial charge in [0.2, 0.25) is 0 Å². The third-order valence-electron chi connectivity index (χ3n) is 8.68. The molecule has 1 atom stereocenters. The van der Waals surface area contributed by atoms with Gasteiger partial charge in [-0.1, -0.05) is 43.0 Å². The zero-order valence-electron chi connectivity index (χ0n) is 22.5. The lowest BCUT2D eigenvalue weighted by molar-refractivity contribution is 0.0690. The number of benzene rings is 1. The Labute approximate surface area is 241 Å². The first-order valence-corrected chi connectivity index (χ1v) is 15.5. The second kappa shape index (κ2) is 13.1. The highest BCUT2D eigenvalue weighted by Crippen LogP contribution is 2.29. The van der Waals surface area contributed by atoms with Crippen LogP contribution in [0.3, 0.4) is 0 Å². The van der Waals surface area contributed by atoms with Gasteiger partial charge in [-0.3, -0.25) is 14.6 Å². The summed E-state index contributed by atoms with van der Waals surface area (Å²) in [6.07, 6.45) is 10.5. The Kier molecular flexibility index (Phi) is 9.63. The van der Waals surface area contributed by atoms with Crippen molar-refractivity contribution in [2.24, 2.45) is 5.92 Å². The molecule has 2 aromatic rings. The molecule has 1 aromatic heterocycles. The highest BCUT2D eigenvalue weighted by atomic mass is 79.9. The summed E-state index contributed by atoms with van der Waals surface area (Å²) in [6, 6.07) is 11.3. The molecule has 3 heterocycles. The van der Waals surface area contributed by atoms with Crippen molar-refractivity contribution < 1.29 is 4.79 Å². The maximum Gasteiger partial charge on any atom is 0.252 e. The lowest BCUT2D eigenvalue weighted by Gasteiger charge is -2.47. The molecule has 3 fully saturated rings. The number of nitrogens with one attached hydrogen (secondary N) is 1. The fourth-order valence-corrected chi connectivity index (χ4v) is 7.21. The number of piperidine rings is 1. The summed E-state index contributed by atoms with van der Waals surface area (Å²) < 4.78 is 0.902. The van der Waals surface area contributed by atoms with E-state index in [1.165, 1.54) is 50.5 Å². The highest BCUT2D eigenvalue weighted by molar-refractivity contribution is 9.10. The second-order valence-electron chi connectivity index (χ2n) is 11.4. The number of pyridine rings is 1. The number of amides is 1. The minimum absolute atomic E-state index is 0.0177. The van der Waals surface area contributed by atoms with Crippen LogP contribution >= 0.6 is 27.5 Å². The van der Waals surface area contributed by atoms with E-state index in [0.717, 1.165) is 61.1 Å². The Bertz CT molecular complexity index is 1070. The van der Waals surface area contributed by atoms with Crippen LogP contribution in [0, 0.1) is 5.92 Å². The molecule has 3 aliphatic rings. The average Bonchev–Trinajstić information content (AvgIpc) is 2.94. The molecule has 1 amide bonds. The number of halogens is 2. The molecule has 0 unspecified atom stereocenters. The quantitative estimate of drug-likeness (QED) is 0.423. The van der Waals surface area contributed by atoms with Crippen molar-refractivity contribution in [3.8, 4) is 0 Å². The van der Waals surface area contributed by atoms with Crippen molar-refractivity contribution in [3.05, 3.63) is 57.2 Å². The van der Waals surface area contributed by atoms with E-state index in [1.54, 1.807) is 6.20 Å². The van der Waals surface area contributed by atoms with Crippen molar-refractivity contribution in [2.45, 2.75) is 70.5 Å². The molecular weight excluding hydrogens is 562 g/mol. The molecule has 2 aliphatic heterocycles. The molecule has 2 saturated heterocycles. The van der Waals surface area contributed by atoms with Crippen LogP contribution in [0.1, 0.15) is 67.8 Å². The number of aromatic nitrogens is 1. The van der Waals surface area contributed by atoms with Gasteiger partial charge < -0.3 is 10.2 Å². The number of rotatable bonds is 7. The Balaban J connectivity index is 1.10. The molecule has 6 nitrogen and oxygen atoms in total. The topological polar surface area (TPSA) is 51.7 Å². The fraction of sp³-hybridized carbons (Fsp3) is 0.600. The van der Waals surface area contributed by atoms with Gasteiger partial charge in [-0.2, -0.15) is 0 Å². The van der Waals surface area contributed by atoms with Gasteiger partial charge in [0.15, 0.2) is 0 Å². The van der Waals surface area contributed by atoms with Crippen molar-refractivity contribution >= 4 is 39.3 Å². The van der Waals surface area contributed by atoms with Gasteiger partial charge in [0.25, 0.3) is 5.91 Å². The van der Waals surface area contributed by atoms with Crippen molar-refractivity contribution in [3.63, 3.8) is 0 Å². The highest BCUT2D eigenvalue weighted by Gasteiger charge is 2.32. The fourth-order valence-electron chi connectivity index (χ4n) is 6.48. The molecule has 1 N–H and O–H groups in total. The smallest absolute Gasteiger partial charge is 0.252 e. The number of nitrogens with zero attached hydrogens (tertiary/aromatic N) is 4. The van der Waals surface area contributed by atoms with Crippen LogP contribution in [-0.2, 0) is 6.54 Å². The monoisotopic (exact) mass is 601 g/mol. The largest absolute Gasteiger partial charge is 0.353 e. The predicted octanol–water partition coefficient (Wildman–Crippen LogP) is 5.98. The number of carbonyl (C=O) groups excluding carboxylic acids is 1.